The average molecular weight is 334 g/mol. The van der Waals surface area contributed by atoms with Crippen molar-refractivity contribution < 1.29 is 14.6 Å². The molecule has 1 heterocycles. The van der Waals surface area contributed by atoms with E-state index in [1.54, 1.807) is 7.11 Å². The second-order valence-corrected chi connectivity index (χ2v) is 6.51. The largest absolute Gasteiger partial charge is 0.497 e. The molecular weight excluding hydrogens is 312 g/mol. The van der Waals surface area contributed by atoms with Gasteiger partial charge in [-0.1, -0.05) is 13.8 Å². The number of amides is 1. The molecule has 0 radical (unpaired) electrons. The Labute approximate surface area is 140 Å². The van der Waals surface area contributed by atoms with Crippen molar-refractivity contribution in [1.82, 2.24) is 10.3 Å². The van der Waals surface area contributed by atoms with Gasteiger partial charge in [0.2, 0.25) is 5.91 Å². The Balaban J connectivity index is 2.00. The summed E-state index contributed by atoms with van der Waals surface area (Å²) in [6.07, 6.45) is 0.218. The number of aliphatic hydroxyl groups is 1. The number of nitrogens with one attached hydrogen (secondary N) is 1. The fraction of sp³-hybridized carbons (Fsp3) is 0.412. The molecule has 2 N–H and O–H groups in total. The number of carbonyl (C=O) groups excluding carboxylic acids is 1. The SMILES string of the molecule is COc1ccc(-c2nc(CC(=O)N[C@H](CO)C(C)C)cs2)cc1. The van der Waals surface area contributed by atoms with Gasteiger partial charge in [0.05, 0.1) is 31.9 Å². The highest BCUT2D eigenvalue weighted by atomic mass is 32.1. The van der Waals surface area contributed by atoms with Crippen LogP contribution in [0.25, 0.3) is 10.6 Å². The smallest absolute Gasteiger partial charge is 0.226 e. The van der Waals surface area contributed by atoms with Gasteiger partial charge in [0.15, 0.2) is 0 Å². The number of thiazole rings is 1. The normalized spacial score (nSPS) is 12.2. The van der Waals surface area contributed by atoms with E-state index in [1.807, 2.05) is 43.5 Å². The number of benzene rings is 1. The van der Waals surface area contributed by atoms with E-state index >= 15 is 0 Å². The third-order valence-corrected chi connectivity index (χ3v) is 4.52. The Morgan fingerprint density at radius 3 is 2.61 bits per heavy atom. The molecule has 6 heteroatoms. The lowest BCUT2D eigenvalue weighted by molar-refractivity contribution is -0.121. The van der Waals surface area contributed by atoms with E-state index in [4.69, 9.17) is 4.74 Å². The number of carbonyl (C=O) groups is 1. The van der Waals surface area contributed by atoms with E-state index in [2.05, 4.69) is 10.3 Å². The van der Waals surface area contributed by atoms with Gasteiger partial charge in [0, 0.05) is 10.9 Å². The first-order valence-electron chi connectivity index (χ1n) is 7.52. The number of hydrogen-bond acceptors (Lipinski definition) is 5. The van der Waals surface area contributed by atoms with Crippen LogP contribution in [0.1, 0.15) is 19.5 Å². The predicted molar refractivity (Wildman–Crippen MR) is 91.7 cm³/mol. The summed E-state index contributed by atoms with van der Waals surface area (Å²) < 4.78 is 5.14. The van der Waals surface area contributed by atoms with Gasteiger partial charge in [-0.25, -0.2) is 4.98 Å². The zero-order chi connectivity index (χ0) is 16.8. The van der Waals surface area contributed by atoms with Crippen molar-refractivity contribution in [2.75, 3.05) is 13.7 Å². The number of ether oxygens (including phenoxy) is 1. The number of aromatic nitrogens is 1. The highest BCUT2D eigenvalue weighted by molar-refractivity contribution is 7.13. The van der Waals surface area contributed by atoms with E-state index in [0.717, 1.165) is 22.0 Å². The quantitative estimate of drug-likeness (QED) is 0.816. The van der Waals surface area contributed by atoms with Crippen LogP contribution < -0.4 is 10.1 Å². The zero-order valence-electron chi connectivity index (χ0n) is 13.6. The fourth-order valence-electron chi connectivity index (χ4n) is 2.10. The van der Waals surface area contributed by atoms with E-state index in [1.165, 1.54) is 11.3 Å². The topological polar surface area (TPSA) is 71.5 Å². The second kappa shape index (κ2) is 8.08. The number of methoxy groups -OCH3 is 1. The Kier molecular flexibility index (Phi) is 6.12. The lowest BCUT2D eigenvalue weighted by atomic mass is 10.1. The van der Waals surface area contributed by atoms with Gasteiger partial charge in [-0.2, -0.15) is 0 Å². The highest BCUT2D eigenvalue weighted by Crippen LogP contribution is 2.25. The molecule has 23 heavy (non-hydrogen) atoms. The summed E-state index contributed by atoms with van der Waals surface area (Å²) in [5, 5.41) is 14.9. The summed E-state index contributed by atoms with van der Waals surface area (Å²) in [5.41, 5.74) is 1.73. The standard InChI is InChI=1S/C17H22N2O3S/c1-11(2)15(9-20)19-16(21)8-13-10-23-17(18-13)12-4-6-14(22-3)7-5-12/h4-7,10-11,15,20H,8-9H2,1-3H3,(H,19,21)/t15-/m1/s1. The molecule has 2 aromatic rings. The Bertz CT molecular complexity index is 638. The molecule has 1 aromatic carbocycles. The van der Waals surface area contributed by atoms with Crippen molar-refractivity contribution in [2.24, 2.45) is 5.92 Å². The van der Waals surface area contributed by atoms with E-state index in [0.29, 0.717) is 0 Å². The molecule has 2 rings (SSSR count). The highest BCUT2D eigenvalue weighted by Gasteiger charge is 2.16. The molecule has 1 atom stereocenters. The van der Waals surface area contributed by atoms with Crippen LogP contribution in [0.15, 0.2) is 29.6 Å². The van der Waals surface area contributed by atoms with Crippen molar-refractivity contribution in [3.63, 3.8) is 0 Å². The lowest BCUT2D eigenvalue weighted by Gasteiger charge is -2.19. The third-order valence-electron chi connectivity index (χ3n) is 3.58. The van der Waals surface area contributed by atoms with E-state index in [-0.39, 0.29) is 30.9 Å². The predicted octanol–water partition coefficient (Wildman–Crippen LogP) is 2.49. The fourth-order valence-corrected chi connectivity index (χ4v) is 2.93. The third kappa shape index (κ3) is 4.77. The number of nitrogens with zero attached hydrogens (tertiary/aromatic N) is 1. The van der Waals surface area contributed by atoms with Crippen LogP contribution in [0.5, 0.6) is 5.75 Å². The van der Waals surface area contributed by atoms with Crippen molar-refractivity contribution >= 4 is 17.2 Å². The summed E-state index contributed by atoms with van der Waals surface area (Å²) in [5.74, 6) is 0.868. The van der Waals surface area contributed by atoms with Gasteiger partial charge in [0.1, 0.15) is 10.8 Å². The number of rotatable bonds is 7. The number of aliphatic hydroxyl groups excluding tert-OH is 1. The molecular formula is C17H22N2O3S. The first-order chi connectivity index (χ1) is 11.0. The van der Waals surface area contributed by atoms with Crippen LogP contribution in [-0.4, -0.2) is 35.8 Å². The van der Waals surface area contributed by atoms with Gasteiger partial charge in [-0.3, -0.25) is 4.79 Å². The maximum atomic E-state index is 12.0. The minimum Gasteiger partial charge on any atom is -0.497 e. The zero-order valence-corrected chi connectivity index (χ0v) is 14.4. The molecule has 0 unspecified atom stereocenters. The molecule has 0 saturated heterocycles. The minimum absolute atomic E-state index is 0.0580. The van der Waals surface area contributed by atoms with Gasteiger partial charge >= 0.3 is 0 Å². The van der Waals surface area contributed by atoms with E-state index < -0.39 is 0 Å². The summed E-state index contributed by atoms with van der Waals surface area (Å²) in [4.78, 5) is 16.5. The van der Waals surface area contributed by atoms with Crippen LogP contribution in [0.4, 0.5) is 0 Å². The van der Waals surface area contributed by atoms with Gasteiger partial charge in [-0.15, -0.1) is 11.3 Å². The van der Waals surface area contributed by atoms with Crippen molar-refractivity contribution in [2.45, 2.75) is 26.3 Å². The molecule has 0 saturated carbocycles. The molecule has 124 valence electrons. The van der Waals surface area contributed by atoms with Crippen molar-refractivity contribution in [3.8, 4) is 16.3 Å². The van der Waals surface area contributed by atoms with Crippen molar-refractivity contribution in [1.29, 1.82) is 0 Å². The minimum atomic E-state index is -0.220. The van der Waals surface area contributed by atoms with Crippen molar-refractivity contribution in [3.05, 3.63) is 35.3 Å². The summed E-state index contributed by atoms with van der Waals surface area (Å²) in [6, 6.07) is 7.45. The summed E-state index contributed by atoms with van der Waals surface area (Å²) in [7, 11) is 1.63. The van der Waals surface area contributed by atoms with Gasteiger partial charge in [0.25, 0.3) is 0 Å². The molecule has 0 aliphatic heterocycles. The first-order valence-corrected chi connectivity index (χ1v) is 8.40. The molecule has 1 amide bonds. The Morgan fingerprint density at radius 1 is 1.35 bits per heavy atom. The number of hydrogen-bond donors (Lipinski definition) is 2. The van der Waals surface area contributed by atoms with Gasteiger partial charge in [-0.05, 0) is 30.2 Å². The summed E-state index contributed by atoms with van der Waals surface area (Å²) >= 11 is 1.51. The summed E-state index contributed by atoms with van der Waals surface area (Å²) in [6.45, 7) is 3.87. The van der Waals surface area contributed by atoms with Crippen LogP contribution in [-0.2, 0) is 11.2 Å². The lowest BCUT2D eigenvalue weighted by Crippen LogP contribution is -2.41. The Morgan fingerprint density at radius 2 is 2.04 bits per heavy atom. The average Bonchev–Trinajstić information content (AvgIpc) is 3.00. The molecule has 0 aliphatic rings. The van der Waals surface area contributed by atoms with Crippen LogP contribution in [0.3, 0.4) is 0 Å². The molecule has 1 aromatic heterocycles. The monoisotopic (exact) mass is 334 g/mol. The molecule has 5 nitrogen and oxygen atoms in total. The van der Waals surface area contributed by atoms with E-state index in [9.17, 15) is 9.90 Å². The first kappa shape index (κ1) is 17.4. The van der Waals surface area contributed by atoms with Crippen LogP contribution in [0, 0.1) is 5.92 Å². The van der Waals surface area contributed by atoms with Crippen LogP contribution >= 0.6 is 11.3 Å². The maximum absolute atomic E-state index is 12.0. The second-order valence-electron chi connectivity index (χ2n) is 5.65. The Hall–Kier alpha value is -1.92. The molecule has 0 bridgehead atoms. The molecule has 0 spiro atoms. The van der Waals surface area contributed by atoms with Crippen LogP contribution in [0.2, 0.25) is 0 Å². The molecule has 0 fully saturated rings. The molecule has 0 aliphatic carbocycles. The van der Waals surface area contributed by atoms with Gasteiger partial charge < -0.3 is 15.2 Å². The maximum Gasteiger partial charge on any atom is 0.226 e.